The fourth-order valence-corrected chi connectivity index (χ4v) is 2.43. The SMILES string of the molecule is Cc1nc(CCNCc2cc(F)ccc2C#N)cs1. The molecule has 0 radical (unpaired) electrons. The van der Waals surface area contributed by atoms with Crippen LogP contribution < -0.4 is 5.32 Å². The number of aromatic nitrogens is 1. The van der Waals surface area contributed by atoms with E-state index in [1.165, 1.54) is 18.2 Å². The highest BCUT2D eigenvalue weighted by Gasteiger charge is 2.04. The third-order valence-corrected chi connectivity index (χ3v) is 3.55. The number of aryl methyl sites for hydroxylation is 1. The van der Waals surface area contributed by atoms with Crippen molar-refractivity contribution in [3.8, 4) is 6.07 Å². The van der Waals surface area contributed by atoms with Gasteiger partial charge in [0.2, 0.25) is 0 Å². The van der Waals surface area contributed by atoms with Crippen molar-refractivity contribution >= 4 is 11.3 Å². The third kappa shape index (κ3) is 3.85. The molecule has 0 amide bonds. The minimum Gasteiger partial charge on any atom is -0.312 e. The second kappa shape index (κ2) is 6.41. The number of benzene rings is 1. The van der Waals surface area contributed by atoms with Gasteiger partial charge in [-0.05, 0) is 30.7 Å². The topological polar surface area (TPSA) is 48.7 Å². The zero-order chi connectivity index (χ0) is 13.7. The Hall–Kier alpha value is -1.77. The Kier molecular flexibility index (Phi) is 4.61. The van der Waals surface area contributed by atoms with Crippen LogP contribution in [0.5, 0.6) is 0 Å². The number of halogens is 1. The zero-order valence-corrected chi connectivity index (χ0v) is 11.4. The van der Waals surface area contributed by atoms with E-state index >= 15 is 0 Å². The van der Waals surface area contributed by atoms with Gasteiger partial charge < -0.3 is 5.32 Å². The lowest BCUT2D eigenvalue weighted by atomic mass is 10.1. The maximum atomic E-state index is 13.1. The van der Waals surface area contributed by atoms with Crippen molar-refractivity contribution in [2.45, 2.75) is 19.9 Å². The highest BCUT2D eigenvalue weighted by Crippen LogP contribution is 2.11. The third-order valence-electron chi connectivity index (χ3n) is 2.73. The largest absolute Gasteiger partial charge is 0.312 e. The second-order valence-corrected chi connectivity index (χ2v) is 5.26. The molecular formula is C14H14FN3S. The monoisotopic (exact) mass is 275 g/mol. The van der Waals surface area contributed by atoms with Crippen LogP contribution in [0.1, 0.15) is 21.8 Å². The van der Waals surface area contributed by atoms with E-state index in [9.17, 15) is 4.39 Å². The fourth-order valence-electron chi connectivity index (χ4n) is 1.78. The van der Waals surface area contributed by atoms with Gasteiger partial charge in [-0.25, -0.2) is 9.37 Å². The van der Waals surface area contributed by atoms with Gasteiger partial charge in [-0.1, -0.05) is 0 Å². The summed E-state index contributed by atoms with van der Waals surface area (Å²) in [4.78, 5) is 4.37. The van der Waals surface area contributed by atoms with Gasteiger partial charge in [-0.2, -0.15) is 5.26 Å². The number of nitrogens with one attached hydrogen (secondary N) is 1. The van der Waals surface area contributed by atoms with Gasteiger partial charge in [0.05, 0.1) is 22.3 Å². The van der Waals surface area contributed by atoms with Crippen LogP contribution in [0.3, 0.4) is 0 Å². The summed E-state index contributed by atoms with van der Waals surface area (Å²) in [5.74, 6) is -0.314. The molecule has 2 rings (SSSR count). The molecule has 0 unspecified atom stereocenters. The molecule has 1 aromatic heterocycles. The number of thiazole rings is 1. The van der Waals surface area contributed by atoms with Gasteiger partial charge >= 0.3 is 0 Å². The molecule has 0 atom stereocenters. The molecule has 1 aromatic carbocycles. The van der Waals surface area contributed by atoms with Gasteiger partial charge in [0.25, 0.3) is 0 Å². The molecule has 0 spiro atoms. The van der Waals surface area contributed by atoms with E-state index < -0.39 is 0 Å². The van der Waals surface area contributed by atoms with Gasteiger partial charge in [0.15, 0.2) is 0 Å². The van der Waals surface area contributed by atoms with Gasteiger partial charge in [0.1, 0.15) is 5.82 Å². The van der Waals surface area contributed by atoms with Crippen LogP contribution in [0.15, 0.2) is 23.6 Å². The molecule has 19 heavy (non-hydrogen) atoms. The predicted octanol–water partition coefficient (Wildman–Crippen LogP) is 2.79. The zero-order valence-electron chi connectivity index (χ0n) is 10.6. The molecule has 1 heterocycles. The summed E-state index contributed by atoms with van der Waals surface area (Å²) in [6.45, 7) is 3.22. The number of hydrogen-bond acceptors (Lipinski definition) is 4. The molecule has 0 saturated heterocycles. The average Bonchev–Trinajstić information content (AvgIpc) is 2.81. The lowest BCUT2D eigenvalue weighted by Gasteiger charge is -2.06. The quantitative estimate of drug-likeness (QED) is 0.854. The van der Waals surface area contributed by atoms with Gasteiger partial charge in [0, 0.05) is 24.9 Å². The van der Waals surface area contributed by atoms with Crippen LogP contribution in [-0.4, -0.2) is 11.5 Å². The summed E-state index contributed by atoms with van der Waals surface area (Å²) >= 11 is 1.64. The van der Waals surface area contributed by atoms with E-state index in [2.05, 4.69) is 16.4 Å². The summed E-state index contributed by atoms with van der Waals surface area (Å²) in [5.41, 5.74) is 2.27. The standard InChI is InChI=1S/C14H14FN3S/c1-10-18-14(9-19-10)4-5-17-8-12-6-13(15)3-2-11(12)7-16/h2-3,6,9,17H,4-5,8H2,1H3. The molecule has 98 valence electrons. The maximum Gasteiger partial charge on any atom is 0.123 e. The molecule has 0 aliphatic heterocycles. The molecule has 0 aliphatic carbocycles. The molecule has 0 saturated carbocycles. The first kappa shape index (κ1) is 13.7. The predicted molar refractivity (Wildman–Crippen MR) is 73.4 cm³/mol. The average molecular weight is 275 g/mol. The van der Waals surface area contributed by atoms with E-state index in [-0.39, 0.29) is 5.82 Å². The summed E-state index contributed by atoms with van der Waals surface area (Å²) in [5, 5.41) is 15.2. The van der Waals surface area contributed by atoms with E-state index in [1.54, 1.807) is 11.3 Å². The smallest absolute Gasteiger partial charge is 0.123 e. The first-order valence-corrected chi connectivity index (χ1v) is 6.87. The van der Waals surface area contributed by atoms with Gasteiger partial charge in [-0.15, -0.1) is 11.3 Å². The van der Waals surface area contributed by atoms with Crippen molar-refractivity contribution in [3.05, 3.63) is 51.2 Å². The van der Waals surface area contributed by atoms with Crippen LogP contribution >= 0.6 is 11.3 Å². The van der Waals surface area contributed by atoms with E-state index in [0.717, 1.165) is 23.7 Å². The minimum atomic E-state index is -0.314. The Balaban J connectivity index is 1.86. The van der Waals surface area contributed by atoms with Crippen molar-refractivity contribution in [1.82, 2.24) is 10.3 Å². The van der Waals surface area contributed by atoms with E-state index in [1.807, 2.05) is 12.3 Å². The molecule has 0 fully saturated rings. The minimum absolute atomic E-state index is 0.314. The number of nitriles is 1. The molecule has 5 heteroatoms. The van der Waals surface area contributed by atoms with Crippen molar-refractivity contribution < 1.29 is 4.39 Å². The summed E-state index contributed by atoms with van der Waals surface area (Å²) in [6.07, 6.45) is 0.835. The number of hydrogen-bond donors (Lipinski definition) is 1. The van der Waals surface area contributed by atoms with E-state index in [0.29, 0.717) is 17.7 Å². The van der Waals surface area contributed by atoms with Crippen LogP contribution in [0.25, 0.3) is 0 Å². The lowest BCUT2D eigenvalue weighted by Crippen LogP contribution is -2.17. The molecular weight excluding hydrogens is 261 g/mol. The molecule has 0 bridgehead atoms. The van der Waals surface area contributed by atoms with Crippen LogP contribution in [0, 0.1) is 24.1 Å². The highest BCUT2D eigenvalue weighted by molar-refractivity contribution is 7.09. The van der Waals surface area contributed by atoms with E-state index in [4.69, 9.17) is 5.26 Å². The molecule has 2 aromatic rings. The summed E-state index contributed by atoms with van der Waals surface area (Å²) in [6, 6.07) is 6.28. The number of rotatable bonds is 5. The lowest BCUT2D eigenvalue weighted by molar-refractivity contribution is 0.619. The van der Waals surface area contributed by atoms with Crippen molar-refractivity contribution in [2.75, 3.05) is 6.54 Å². The first-order chi connectivity index (χ1) is 9.19. The van der Waals surface area contributed by atoms with Crippen LogP contribution in [-0.2, 0) is 13.0 Å². The van der Waals surface area contributed by atoms with Gasteiger partial charge in [-0.3, -0.25) is 0 Å². The Morgan fingerprint density at radius 2 is 2.32 bits per heavy atom. The maximum absolute atomic E-state index is 13.1. The fraction of sp³-hybridized carbons (Fsp3) is 0.286. The Bertz CT molecular complexity index is 601. The number of nitrogens with zero attached hydrogens (tertiary/aromatic N) is 2. The second-order valence-electron chi connectivity index (χ2n) is 4.20. The molecule has 3 nitrogen and oxygen atoms in total. The highest BCUT2D eigenvalue weighted by atomic mass is 32.1. The van der Waals surface area contributed by atoms with Crippen molar-refractivity contribution in [2.24, 2.45) is 0 Å². The van der Waals surface area contributed by atoms with Crippen LogP contribution in [0.4, 0.5) is 4.39 Å². The Morgan fingerprint density at radius 3 is 3.00 bits per heavy atom. The normalized spacial score (nSPS) is 10.4. The molecule has 0 aliphatic rings. The first-order valence-electron chi connectivity index (χ1n) is 5.99. The van der Waals surface area contributed by atoms with Crippen LogP contribution in [0.2, 0.25) is 0 Å². The Morgan fingerprint density at radius 1 is 1.47 bits per heavy atom. The summed E-state index contributed by atoms with van der Waals surface area (Å²) < 4.78 is 13.1. The van der Waals surface area contributed by atoms with Crippen molar-refractivity contribution in [1.29, 1.82) is 5.26 Å². The summed E-state index contributed by atoms with van der Waals surface area (Å²) in [7, 11) is 0. The Labute approximate surface area is 115 Å². The van der Waals surface area contributed by atoms with Crippen molar-refractivity contribution in [3.63, 3.8) is 0 Å². The molecule has 1 N–H and O–H groups in total.